The second-order valence-corrected chi connectivity index (χ2v) is 7.84. The summed E-state index contributed by atoms with van der Waals surface area (Å²) in [5.41, 5.74) is 1.72. The van der Waals surface area contributed by atoms with Gasteiger partial charge in [-0.25, -0.2) is 4.79 Å². The standard InChI is InChI=1S/C25H36O2/c1-2-3-4-5-6-7-8-9-10-11-12-13-14-21-15-16-23-20-24(25(26)27)18-17-22(23)19-21/h15-20H,2-14H2,1H3,(H,26,27). The van der Waals surface area contributed by atoms with Crippen LogP contribution in [0.3, 0.4) is 0 Å². The van der Waals surface area contributed by atoms with Crippen molar-refractivity contribution in [1.82, 2.24) is 0 Å². The van der Waals surface area contributed by atoms with Gasteiger partial charge in [0.05, 0.1) is 5.56 Å². The third-order valence-corrected chi connectivity index (χ3v) is 5.47. The Labute approximate surface area is 165 Å². The van der Waals surface area contributed by atoms with Gasteiger partial charge in [0, 0.05) is 0 Å². The molecule has 2 nitrogen and oxygen atoms in total. The van der Waals surface area contributed by atoms with Crippen molar-refractivity contribution < 1.29 is 9.90 Å². The van der Waals surface area contributed by atoms with Crippen molar-refractivity contribution in [2.75, 3.05) is 0 Å². The smallest absolute Gasteiger partial charge is 0.335 e. The molecule has 0 fully saturated rings. The average molecular weight is 369 g/mol. The summed E-state index contributed by atoms with van der Waals surface area (Å²) in [5.74, 6) is -0.863. The van der Waals surface area contributed by atoms with Crippen LogP contribution >= 0.6 is 0 Å². The van der Waals surface area contributed by atoms with Crippen molar-refractivity contribution in [3.63, 3.8) is 0 Å². The molecule has 0 bridgehead atoms. The van der Waals surface area contributed by atoms with E-state index in [1.807, 2.05) is 6.07 Å². The van der Waals surface area contributed by atoms with E-state index in [-0.39, 0.29) is 0 Å². The van der Waals surface area contributed by atoms with E-state index in [9.17, 15) is 4.79 Å². The minimum Gasteiger partial charge on any atom is -0.478 e. The zero-order valence-electron chi connectivity index (χ0n) is 17.0. The normalized spacial score (nSPS) is 11.1. The quantitative estimate of drug-likeness (QED) is 0.346. The highest BCUT2D eigenvalue weighted by molar-refractivity contribution is 5.94. The Balaban J connectivity index is 1.56. The van der Waals surface area contributed by atoms with Crippen molar-refractivity contribution in [1.29, 1.82) is 0 Å². The molecule has 0 aliphatic carbocycles. The Bertz CT molecular complexity index is 690. The number of fused-ring (bicyclic) bond motifs is 1. The van der Waals surface area contributed by atoms with Crippen LogP contribution in [0.2, 0.25) is 0 Å². The van der Waals surface area contributed by atoms with E-state index in [0.29, 0.717) is 5.56 Å². The zero-order chi connectivity index (χ0) is 19.3. The maximum Gasteiger partial charge on any atom is 0.335 e. The summed E-state index contributed by atoms with van der Waals surface area (Å²) in [6, 6.07) is 11.8. The summed E-state index contributed by atoms with van der Waals surface area (Å²) in [4.78, 5) is 11.1. The number of benzene rings is 2. The fourth-order valence-corrected chi connectivity index (χ4v) is 3.75. The predicted molar refractivity (Wildman–Crippen MR) is 116 cm³/mol. The Morgan fingerprint density at radius 1 is 0.704 bits per heavy atom. The molecule has 0 spiro atoms. The van der Waals surface area contributed by atoms with Gasteiger partial charge in [-0.2, -0.15) is 0 Å². The van der Waals surface area contributed by atoms with Crippen LogP contribution in [0.4, 0.5) is 0 Å². The molecule has 0 aliphatic heterocycles. The molecule has 0 atom stereocenters. The number of aryl methyl sites for hydroxylation is 1. The highest BCUT2D eigenvalue weighted by atomic mass is 16.4. The number of hydrogen-bond donors (Lipinski definition) is 1. The van der Waals surface area contributed by atoms with E-state index >= 15 is 0 Å². The third-order valence-electron chi connectivity index (χ3n) is 5.47. The lowest BCUT2D eigenvalue weighted by molar-refractivity contribution is 0.0697. The molecule has 2 rings (SSSR count). The Morgan fingerprint density at radius 3 is 1.81 bits per heavy atom. The highest BCUT2D eigenvalue weighted by Crippen LogP contribution is 2.20. The number of carboxylic acid groups (broad SMARTS) is 1. The van der Waals surface area contributed by atoms with Gasteiger partial charge in [0.15, 0.2) is 0 Å². The lowest BCUT2D eigenvalue weighted by atomic mass is 10.00. The minimum atomic E-state index is -0.863. The summed E-state index contributed by atoms with van der Waals surface area (Å²) < 4.78 is 0. The fraction of sp³-hybridized carbons (Fsp3) is 0.560. The van der Waals surface area contributed by atoms with E-state index in [1.165, 1.54) is 82.6 Å². The number of unbranched alkanes of at least 4 members (excludes halogenated alkanes) is 11. The Morgan fingerprint density at radius 2 is 1.22 bits per heavy atom. The lowest BCUT2D eigenvalue weighted by Crippen LogP contribution is -1.95. The molecule has 0 heterocycles. The van der Waals surface area contributed by atoms with Crippen molar-refractivity contribution >= 4 is 16.7 Å². The van der Waals surface area contributed by atoms with Gasteiger partial charge in [0.1, 0.15) is 0 Å². The van der Waals surface area contributed by atoms with Crippen LogP contribution in [0.15, 0.2) is 36.4 Å². The van der Waals surface area contributed by atoms with Gasteiger partial charge in [-0.15, -0.1) is 0 Å². The monoisotopic (exact) mass is 368 g/mol. The van der Waals surface area contributed by atoms with Crippen LogP contribution in [0.25, 0.3) is 10.8 Å². The highest BCUT2D eigenvalue weighted by Gasteiger charge is 2.04. The van der Waals surface area contributed by atoms with Gasteiger partial charge >= 0.3 is 5.97 Å². The summed E-state index contributed by atoms with van der Waals surface area (Å²) in [7, 11) is 0. The van der Waals surface area contributed by atoms with Gasteiger partial charge in [-0.05, 0) is 41.3 Å². The molecule has 2 aromatic rings. The molecule has 0 aliphatic rings. The van der Waals surface area contributed by atoms with Crippen LogP contribution in [0.1, 0.15) is 99.9 Å². The van der Waals surface area contributed by atoms with Crippen LogP contribution in [-0.2, 0) is 6.42 Å². The molecule has 0 unspecified atom stereocenters. The van der Waals surface area contributed by atoms with E-state index in [0.717, 1.165) is 17.2 Å². The lowest BCUT2D eigenvalue weighted by Gasteiger charge is -2.06. The first kappa shape index (κ1) is 21.5. The minimum absolute atomic E-state index is 0.358. The van der Waals surface area contributed by atoms with Gasteiger partial charge in [-0.3, -0.25) is 0 Å². The molecule has 27 heavy (non-hydrogen) atoms. The topological polar surface area (TPSA) is 37.3 Å². The summed E-state index contributed by atoms with van der Waals surface area (Å²) in [5, 5.41) is 11.2. The van der Waals surface area contributed by atoms with Crippen LogP contribution in [-0.4, -0.2) is 11.1 Å². The molecule has 148 valence electrons. The maximum atomic E-state index is 11.1. The number of hydrogen-bond acceptors (Lipinski definition) is 1. The molecule has 0 amide bonds. The van der Waals surface area contributed by atoms with Crippen molar-refractivity contribution in [3.8, 4) is 0 Å². The molecule has 2 aromatic carbocycles. The molecular weight excluding hydrogens is 332 g/mol. The third kappa shape index (κ3) is 8.15. The van der Waals surface area contributed by atoms with Gasteiger partial charge in [0.25, 0.3) is 0 Å². The van der Waals surface area contributed by atoms with Gasteiger partial charge in [0.2, 0.25) is 0 Å². The van der Waals surface area contributed by atoms with Gasteiger partial charge < -0.3 is 5.11 Å². The zero-order valence-corrected chi connectivity index (χ0v) is 17.0. The summed E-state index contributed by atoms with van der Waals surface area (Å²) in [6.07, 6.45) is 17.7. The SMILES string of the molecule is CCCCCCCCCCCCCCc1ccc2cc(C(=O)O)ccc2c1. The van der Waals surface area contributed by atoms with E-state index in [1.54, 1.807) is 12.1 Å². The van der Waals surface area contributed by atoms with Crippen LogP contribution in [0.5, 0.6) is 0 Å². The first-order chi connectivity index (χ1) is 13.2. The number of carbonyl (C=O) groups is 1. The number of carboxylic acids is 1. The summed E-state index contributed by atoms with van der Waals surface area (Å²) >= 11 is 0. The van der Waals surface area contributed by atoms with Crippen molar-refractivity contribution in [2.24, 2.45) is 0 Å². The Hall–Kier alpha value is -1.83. The van der Waals surface area contributed by atoms with E-state index in [4.69, 9.17) is 5.11 Å². The van der Waals surface area contributed by atoms with Crippen molar-refractivity contribution in [3.05, 3.63) is 47.5 Å². The molecule has 0 saturated carbocycles. The van der Waals surface area contributed by atoms with E-state index in [2.05, 4.69) is 25.1 Å². The molecule has 2 heteroatoms. The first-order valence-corrected chi connectivity index (χ1v) is 11.0. The number of rotatable bonds is 14. The predicted octanol–water partition coefficient (Wildman–Crippen LogP) is 7.78. The molecule has 0 aromatic heterocycles. The molecule has 0 radical (unpaired) electrons. The maximum absolute atomic E-state index is 11.1. The average Bonchev–Trinajstić information content (AvgIpc) is 2.68. The largest absolute Gasteiger partial charge is 0.478 e. The van der Waals surface area contributed by atoms with Gasteiger partial charge in [-0.1, -0.05) is 102 Å². The first-order valence-electron chi connectivity index (χ1n) is 11.0. The molecule has 0 saturated heterocycles. The second-order valence-electron chi connectivity index (χ2n) is 7.84. The molecular formula is C25H36O2. The number of aromatic carboxylic acids is 1. The Kier molecular flexibility index (Phi) is 9.97. The summed E-state index contributed by atoms with van der Waals surface area (Å²) in [6.45, 7) is 2.27. The molecule has 1 N–H and O–H groups in total. The van der Waals surface area contributed by atoms with Crippen molar-refractivity contribution in [2.45, 2.75) is 90.4 Å². The van der Waals surface area contributed by atoms with Crippen LogP contribution < -0.4 is 0 Å². The van der Waals surface area contributed by atoms with E-state index < -0.39 is 5.97 Å². The second kappa shape index (κ2) is 12.5. The van der Waals surface area contributed by atoms with Crippen LogP contribution in [0, 0.1) is 0 Å². The fourth-order valence-electron chi connectivity index (χ4n) is 3.75.